The van der Waals surface area contributed by atoms with Gasteiger partial charge in [-0.1, -0.05) is 42.8 Å². The molecule has 0 aliphatic heterocycles. The molecule has 1 N–H and O–H groups in total. The van der Waals surface area contributed by atoms with Crippen LogP contribution in [0, 0.1) is 17.0 Å². The zero-order valence-electron chi connectivity index (χ0n) is 18.7. The number of nitrogens with zero attached hydrogens (tertiary/aromatic N) is 3. The number of sulfonamides is 1. The van der Waals surface area contributed by atoms with E-state index in [4.69, 9.17) is 0 Å². The lowest BCUT2D eigenvalue weighted by Crippen LogP contribution is -2.40. The van der Waals surface area contributed by atoms with E-state index in [1.807, 2.05) is 26.0 Å². The number of nitro benzene ring substituents is 1. The molecule has 0 radical (unpaired) electrons. The lowest BCUT2D eigenvalue weighted by molar-refractivity contribution is -0.384. The van der Waals surface area contributed by atoms with Crippen LogP contribution >= 0.6 is 0 Å². The van der Waals surface area contributed by atoms with Crippen LogP contribution in [0.5, 0.6) is 0 Å². The molecule has 9 nitrogen and oxygen atoms in total. The molecule has 0 fully saturated rings. The Morgan fingerprint density at radius 2 is 1.71 bits per heavy atom. The Kier molecular flexibility index (Phi) is 7.75. The van der Waals surface area contributed by atoms with E-state index >= 15 is 0 Å². The van der Waals surface area contributed by atoms with Gasteiger partial charge in [-0.25, -0.2) is 13.8 Å². The summed E-state index contributed by atoms with van der Waals surface area (Å²) < 4.78 is 28.0. The molecule has 10 heteroatoms. The molecule has 0 aliphatic carbocycles. The van der Waals surface area contributed by atoms with Gasteiger partial charge in [-0.15, -0.1) is 0 Å². The van der Waals surface area contributed by atoms with Crippen molar-refractivity contribution in [2.75, 3.05) is 10.8 Å². The van der Waals surface area contributed by atoms with Crippen molar-refractivity contribution in [3.8, 4) is 0 Å². The zero-order valence-corrected chi connectivity index (χ0v) is 19.5. The van der Waals surface area contributed by atoms with E-state index in [-0.39, 0.29) is 10.6 Å². The van der Waals surface area contributed by atoms with E-state index in [1.165, 1.54) is 42.6 Å². The number of nitro groups is 1. The van der Waals surface area contributed by atoms with E-state index in [2.05, 4.69) is 10.5 Å². The smallest absolute Gasteiger partial charge is 0.269 e. The minimum Gasteiger partial charge on any atom is -0.271 e. The summed E-state index contributed by atoms with van der Waals surface area (Å²) in [5.74, 6) is -0.639. The number of hydrogen-bond acceptors (Lipinski definition) is 6. The minimum absolute atomic E-state index is 0.0623. The fourth-order valence-corrected chi connectivity index (χ4v) is 4.68. The number of rotatable bonds is 9. The highest BCUT2D eigenvalue weighted by Crippen LogP contribution is 2.27. The zero-order chi connectivity index (χ0) is 24.7. The minimum atomic E-state index is -4.03. The number of hydrazone groups is 1. The molecule has 0 unspecified atom stereocenters. The number of amides is 1. The monoisotopic (exact) mass is 480 g/mol. The average Bonchev–Trinajstić information content (AvgIpc) is 2.83. The Bertz CT molecular complexity index is 1300. The average molecular weight is 481 g/mol. The third kappa shape index (κ3) is 5.84. The highest BCUT2D eigenvalue weighted by atomic mass is 32.2. The molecule has 0 spiro atoms. The second-order valence-corrected chi connectivity index (χ2v) is 9.31. The van der Waals surface area contributed by atoms with E-state index in [9.17, 15) is 23.3 Å². The Labute approximate surface area is 197 Å². The predicted octanol–water partition coefficient (Wildman–Crippen LogP) is 3.81. The second kappa shape index (κ2) is 10.7. The van der Waals surface area contributed by atoms with Gasteiger partial charge in [0.25, 0.3) is 21.6 Å². The highest BCUT2D eigenvalue weighted by molar-refractivity contribution is 7.92. The molecule has 3 aromatic carbocycles. The van der Waals surface area contributed by atoms with Gasteiger partial charge in [0.1, 0.15) is 6.54 Å². The molecule has 0 saturated heterocycles. The summed E-state index contributed by atoms with van der Waals surface area (Å²) in [6.07, 6.45) is 1.90. The molecular weight excluding hydrogens is 456 g/mol. The maximum Gasteiger partial charge on any atom is 0.269 e. The van der Waals surface area contributed by atoms with Crippen LogP contribution < -0.4 is 9.73 Å². The lowest BCUT2D eigenvalue weighted by atomic mass is 10.1. The first-order chi connectivity index (χ1) is 16.2. The van der Waals surface area contributed by atoms with Crippen molar-refractivity contribution in [3.05, 3.63) is 99.6 Å². The number of carbonyl (C=O) groups excluding carboxylic acids is 1. The van der Waals surface area contributed by atoms with Crippen molar-refractivity contribution < 1.29 is 18.1 Å². The van der Waals surface area contributed by atoms with Gasteiger partial charge in [-0.05, 0) is 54.8 Å². The molecule has 0 aromatic heterocycles. The molecule has 0 saturated carbocycles. The normalized spacial score (nSPS) is 11.4. The van der Waals surface area contributed by atoms with Crippen LogP contribution in [0.2, 0.25) is 0 Å². The van der Waals surface area contributed by atoms with Crippen LogP contribution in [0.25, 0.3) is 0 Å². The molecule has 34 heavy (non-hydrogen) atoms. The van der Waals surface area contributed by atoms with Gasteiger partial charge >= 0.3 is 0 Å². The summed E-state index contributed by atoms with van der Waals surface area (Å²) in [7, 11) is -4.03. The maximum absolute atomic E-state index is 13.5. The summed E-state index contributed by atoms with van der Waals surface area (Å²) in [4.78, 5) is 23.0. The standard InChI is InChI=1S/C24H24N4O5S/c1-3-20-6-4-5-7-23(20)27(34(32,33)22-14-8-18(2)9-15-22)17-24(29)26-25-16-19-10-12-21(13-11-19)28(30)31/h4-16H,3,17H2,1-2H3,(H,26,29)/b25-16-. The second-order valence-electron chi connectivity index (χ2n) is 7.45. The number of anilines is 1. The Hall–Kier alpha value is -4.05. The van der Waals surface area contributed by atoms with Crippen LogP contribution in [0.4, 0.5) is 11.4 Å². The first-order valence-electron chi connectivity index (χ1n) is 10.5. The first-order valence-corrected chi connectivity index (χ1v) is 11.9. The van der Waals surface area contributed by atoms with Crippen LogP contribution in [-0.2, 0) is 21.2 Å². The quantitative estimate of drug-likeness (QED) is 0.283. The topological polar surface area (TPSA) is 122 Å². The SMILES string of the molecule is CCc1ccccc1N(CC(=O)N/N=C\c1ccc([N+](=O)[O-])cc1)S(=O)(=O)c1ccc(C)cc1. The number of carbonyl (C=O) groups is 1. The maximum atomic E-state index is 13.5. The van der Waals surface area contributed by atoms with Crippen molar-refractivity contribution in [1.82, 2.24) is 5.43 Å². The van der Waals surface area contributed by atoms with Gasteiger partial charge in [-0.3, -0.25) is 19.2 Å². The molecule has 0 bridgehead atoms. The van der Waals surface area contributed by atoms with Gasteiger partial charge < -0.3 is 0 Å². The number of hydrogen-bond donors (Lipinski definition) is 1. The molecule has 0 aliphatic rings. The fraction of sp³-hybridized carbons (Fsp3) is 0.167. The number of benzene rings is 3. The first kappa shape index (κ1) is 24.6. The van der Waals surface area contributed by atoms with Crippen molar-refractivity contribution in [1.29, 1.82) is 0 Å². The third-order valence-electron chi connectivity index (χ3n) is 5.04. The fourth-order valence-electron chi connectivity index (χ4n) is 3.22. The molecule has 176 valence electrons. The highest BCUT2D eigenvalue weighted by Gasteiger charge is 2.28. The van der Waals surface area contributed by atoms with Crippen molar-refractivity contribution in [2.45, 2.75) is 25.2 Å². The lowest BCUT2D eigenvalue weighted by Gasteiger charge is -2.25. The Morgan fingerprint density at radius 1 is 1.06 bits per heavy atom. The van der Waals surface area contributed by atoms with Crippen molar-refractivity contribution in [2.24, 2.45) is 5.10 Å². The number of aryl methyl sites for hydroxylation is 2. The molecule has 3 rings (SSSR count). The number of para-hydroxylation sites is 1. The van der Waals surface area contributed by atoms with Crippen LogP contribution in [-0.4, -0.2) is 32.0 Å². The molecule has 0 heterocycles. The summed E-state index contributed by atoms with van der Waals surface area (Å²) in [5, 5.41) is 14.6. The Balaban J connectivity index is 1.84. The molecule has 3 aromatic rings. The van der Waals surface area contributed by atoms with Crippen LogP contribution in [0.15, 0.2) is 82.8 Å². The van der Waals surface area contributed by atoms with Gasteiger partial charge in [0.05, 0.1) is 21.7 Å². The number of non-ortho nitro benzene ring substituents is 1. The summed E-state index contributed by atoms with van der Waals surface area (Å²) in [6, 6.07) is 19.0. The van der Waals surface area contributed by atoms with Crippen molar-refractivity contribution >= 4 is 33.5 Å². The summed E-state index contributed by atoms with van der Waals surface area (Å²) in [6.45, 7) is 3.28. The summed E-state index contributed by atoms with van der Waals surface area (Å²) in [5.41, 5.74) is 4.91. The van der Waals surface area contributed by atoms with Gasteiger partial charge in [0, 0.05) is 12.1 Å². The Morgan fingerprint density at radius 3 is 2.32 bits per heavy atom. The molecule has 1 amide bonds. The van der Waals surface area contributed by atoms with E-state index in [1.54, 1.807) is 24.3 Å². The van der Waals surface area contributed by atoms with E-state index in [0.717, 1.165) is 15.4 Å². The third-order valence-corrected chi connectivity index (χ3v) is 6.82. The van der Waals surface area contributed by atoms with Gasteiger partial charge in [0.15, 0.2) is 0 Å². The van der Waals surface area contributed by atoms with Crippen molar-refractivity contribution in [3.63, 3.8) is 0 Å². The van der Waals surface area contributed by atoms with Gasteiger partial charge in [-0.2, -0.15) is 5.10 Å². The molecular formula is C24H24N4O5S. The molecule has 0 atom stereocenters. The van der Waals surface area contributed by atoms with E-state index in [0.29, 0.717) is 17.7 Å². The largest absolute Gasteiger partial charge is 0.271 e. The number of nitrogens with one attached hydrogen (secondary N) is 1. The summed E-state index contributed by atoms with van der Waals surface area (Å²) >= 11 is 0. The van der Waals surface area contributed by atoms with Crippen LogP contribution in [0.1, 0.15) is 23.6 Å². The van der Waals surface area contributed by atoms with Crippen LogP contribution in [0.3, 0.4) is 0 Å². The predicted molar refractivity (Wildman–Crippen MR) is 130 cm³/mol. The van der Waals surface area contributed by atoms with E-state index < -0.39 is 27.4 Å². The van der Waals surface area contributed by atoms with Gasteiger partial charge in [0.2, 0.25) is 0 Å².